The second-order valence-corrected chi connectivity index (χ2v) is 10.1. The summed E-state index contributed by atoms with van der Waals surface area (Å²) < 4.78 is 30.7. The molecule has 0 bridgehead atoms. The van der Waals surface area contributed by atoms with E-state index in [-0.39, 0.29) is 13.2 Å². The summed E-state index contributed by atoms with van der Waals surface area (Å²) in [6.07, 6.45) is -6.34. The first-order valence-corrected chi connectivity index (χ1v) is 11.5. The number of hydrogen-bond acceptors (Lipinski definition) is 11. The lowest BCUT2D eigenvalue weighted by Gasteiger charge is -2.44. The Morgan fingerprint density at radius 2 is 1.67 bits per heavy atom. The van der Waals surface area contributed by atoms with E-state index < -0.39 is 58.3 Å². The lowest BCUT2D eigenvalue weighted by atomic mass is 9.98. The third-order valence-corrected chi connectivity index (χ3v) is 5.50. The largest absolute Gasteiger partial charge is 0.463 e. The van der Waals surface area contributed by atoms with Gasteiger partial charge in [0.05, 0.1) is 6.61 Å². The minimum Gasteiger partial charge on any atom is -0.463 e. The summed E-state index contributed by atoms with van der Waals surface area (Å²) in [5, 5.41) is 9.75. The molecule has 1 aliphatic heterocycles. The molecular formula is C19H22Cl3NO9S. The number of thiophene rings is 1. The second kappa shape index (κ2) is 12.2. The number of nitrogens with one attached hydrogen (secondary N) is 1. The van der Waals surface area contributed by atoms with Crippen LogP contribution in [0.2, 0.25) is 0 Å². The van der Waals surface area contributed by atoms with E-state index in [2.05, 4.69) is 0 Å². The monoisotopic (exact) mass is 545 g/mol. The number of halogens is 3. The SMILES string of the molecule is CC(=O)OC[C@H]1OC(OC(=N)C(Cl)(Cl)Cl)[C@H](OCc2cccs2)[C@@H](OC(C)=O)[C@@H]1OC(C)=O. The van der Waals surface area contributed by atoms with Crippen LogP contribution in [0, 0.1) is 5.41 Å². The van der Waals surface area contributed by atoms with Crippen molar-refractivity contribution in [1.29, 1.82) is 5.41 Å². The molecule has 1 aliphatic rings. The van der Waals surface area contributed by atoms with Crippen molar-refractivity contribution in [3.8, 4) is 0 Å². The Bertz CT molecular complexity index is 846. The summed E-state index contributed by atoms with van der Waals surface area (Å²) in [6.45, 7) is 3.13. The topological polar surface area (TPSA) is 130 Å². The highest BCUT2D eigenvalue weighted by atomic mass is 35.6. The zero-order valence-electron chi connectivity index (χ0n) is 17.7. The Kier molecular flexibility index (Phi) is 10.2. The Morgan fingerprint density at radius 1 is 1.03 bits per heavy atom. The lowest BCUT2D eigenvalue weighted by molar-refractivity contribution is -0.299. The second-order valence-electron chi connectivity index (χ2n) is 6.79. The van der Waals surface area contributed by atoms with Crippen LogP contribution in [0.3, 0.4) is 0 Å². The minimum absolute atomic E-state index is 0.0474. The van der Waals surface area contributed by atoms with E-state index in [4.69, 9.17) is 68.6 Å². The van der Waals surface area contributed by atoms with Crippen molar-refractivity contribution < 1.29 is 42.8 Å². The summed E-state index contributed by atoms with van der Waals surface area (Å²) in [7, 11) is 0. The smallest absolute Gasteiger partial charge is 0.303 e. The molecule has 5 atom stereocenters. The maximum Gasteiger partial charge on any atom is 0.303 e. The fourth-order valence-corrected chi connectivity index (χ4v) is 3.66. The highest BCUT2D eigenvalue weighted by Gasteiger charge is 2.53. The zero-order chi connectivity index (χ0) is 24.8. The van der Waals surface area contributed by atoms with E-state index in [0.717, 1.165) is 18.7 Å². The average molecular weight is 547 g/mol. The van der Waals surface area contributed by atoms with Crippen molar-refractivity contribution in [1.82, 2.24) is 0 Å². The van der Waals surface area contributed by atoms with E-state index in [9.17, 15) is 14.4 Å². The highest BCUT2D eigenvalue weighted by molar-refractivity contribution is 7.09. The van der Waals surface area contributed by atoms with Crippen molar-refractivity contribution in [2.24, 2.45) is 0 Å². The van der Waals surface area contributed by atoms with Gasteiger partial charge in [0.25, 0.3) is 3.79 Å². The maximum absolute atomic E-state index is 11.9. The number of carbonyl (C=O) groups is 3. The first-order valence-electron chi connectivity index (χ1n) is 9.48. The Morgan fingerprint density at radius 3 is 2.18 bits per heavy atom. The molecule has 1 aromatic rings. The van der Waals surface area contributed by atoms with Gasteiger partial charge in [0.15, 0.2) is 18.3 Å². The number of esters is 3. The van der Waals surface area contributed by atoms with Crippen molar-refractivity contribution in [3.05, 3.63) is 22.4 Å². The first kappa shape index (κ1) is 27.6. The molecule has 0 saturated carbocycles. The number of hydrogen-bond donors (Lipinski definition) is 1. The van der Waals surface area contributed by atoms with Crippen LogP contribution in [-0.2, 0) is 49.4 Å². The van der Waals surface area contributed by atoms with Crippen molar-refractivity contribution in [2.75, 3.05) is 6.61 Å². The molecule has 1 unspecified atom stereocenters. The van der Waals surface area contributed by atoms with Crippen LogP contribution < -0.4 is 0 Å². The van der Waals surface area contributed by atoms with Crippen LogP contribution in [0.1, 0.15) is 25.6 Å². The predicted molar refractivity (Wildman–Crippen MR) is 118 cm³/mol. The molecular weight excluding hydrogens is 525 g/mol. The predicted octanol–water partition coefficient (Wildman–Crippen LogP) is 3.15. The minimum atomic E-state index is -2.23. The van der Waals surface area contributed by atoms with Crippen LogP contribution in [0.4, 0.5) is 0 Å². The van der Waals surface area contributed by atoms with Gasteiger partial charge in [0, 0.05) is 25.6 Å². The molecule has 184 valence electrons. The zero-order valence-corrected chi connectivity index (χ0v) is 20.8. The maximum atomic E-state index is 11.9. The summed E-state index contributed by atoms with van der Waals surface area (Å²) in [6, 6.07) is 3.62. The summed E-state index contributed by atoms with van der Waals surface area (Å²) >= 11 is 18.6. The lowest BCUT2D eigenvalue weighted by Crippen LogP contribution is -2.63. The van der Waals surface area contributed by atoms with Crippen molar-refractivity contribution in [2.45, 2.75) is 61.9 Å². The standard InChI is InChI=1S/C19H22Cl3NO9S/c1-9(24)27-8-13-14(29-10(2)25)15(30-11(3)26)16(28-7-12-5-4-6-33-12)17(31-13)32-18(23)19(20,21)22/h4-6,13-17,23H,7-8H2,1-3H3/t13-,14-,15+,16-,17?/m1/s1. The number of alkyl halides is 3. The van der Waals surface area contributed by atoms with Gasteiger partial charge in [-0.05, 0) is 11.4 Å². The van der Waals surface area contributed by atoms with Gasteiger partial charge in [-0.1, -0.05) is 40.9 Å². The molecule has 0 radical (unpaired) electrons. The molecule has 0 spiro atoms. The molecule has 0 amide bonds. The molecule has 1 aromatic heterocycles. The van der Waals surface area contributed by atoms with Gasteiger partial charge in [-0.2, -0.15) is 0 Å². The Labute approximate surface area is 208 Å². The highest BCUT2D eigenvalue weighted by Crippen LogP contribution is 2.34. The molecule has 2 rings (SSSR count). The van der Waals surface area contributed by atoms with E-state index in [1.165, 1.54) is 18.3 Å². The molecule has 10 nitrogen and oxygen atoms in total. The molecule has 2 heterocycles. The average Bonchev–Trinajstić information content (AvgIpc) is 3.20. The third-order valence-electron chi connectivity index (χ3n) is 4.14. The van der Waals surface area contributed by atoms with Gasteiger partial charge in [-0.25, -0.2) is 0 Å². The fraction of sp³-hybridized carbons (Fsp3) is 0.579. The molecule has 0 aromatic carbocycles. The Balaban J connectivity index is 2.42. The van der Waals surface area contributed by atoms with Gasteiger partial charge in [0.1, 0.15) is 12.7 Å². The van der Waals surface area contributed by atoms with Gasteiger partial charge < -0.3 is 28.4 Å². The third kappa shape index (κ3) is 8.58. The van der Waals surface area contributed by atoms with Gasteiger partial charge >= 0.3 is 17.9 Å². The van der Waals surface area contributed by atoms with E-state index in [1.54, 1.807) is 0 Å². The van der Waals surface area contributed by atoms with E-state index >= 15 is 0 Å². The van der Waals surface area contributed by atoms with Crippen LogP contribution >= 0.6 is 46.1 Å². The number of carbonyl (C=O) groups excluding carboxylic acids is 3. The molecule has 33 heavy (non-hydrogen) atoms. The molecule has 1 saturated heterocycles. The van der Waals surface area contributed by atoms with E-state index in [0.29, 0.717) is 0 Å². The van der Waals surface area contributed by atoms with Gasteiger partial charge in [-0.3, -0.25) is 19.8 Å². The number of ether oxygens (including phenoxy) is 6. The molecule has 1 N–H and O–H groups in total. The van der Waals surface area contributed by atoms with E-state index in [1.807, 2.05) is 17.5 Å². The first-order chi connectivity index (χ1) is 15.4. The van der Waals surface area contributed by atoms with Crippen molar-refractivity contribution >= 4 is 69.9 Å². The van der Waals surface area contributed by atoms with Crippen LogP contribution in [-0.4, -0.2) is 64.9 Å². The van der Waals surface area contributed by atoms with Crippen molar-refractivity contribution in [3.63, 3.8) is 0 Å². The van der Waals surface area contributed by atoms with Gasteiger partial charge in [0.2, 0.25) is 12.2 Å². The summed E-state index contributed by atoms with van der Waals surface area (Å²) in [4.78, 5) is 35.8. The number of rotatable bonds is 8. The fourth-order valence-electron chi connectivity index (χ4n) is 2.90. The Hall–Kier alpha value is -1.63. The molecule has 1 fully saturated rings. The van der Waals surface area contributed by atoms with Crippen LogP contribution in [0.15, 0.2) is 17.5 Å². The quantitative estimate of drug-likeness (QED) is 0.172. The summed E-state index contributed by atoms with van der Waals surface area (Å²) in [5.74, 6) is -2.85. The van der Waals surface area contributed by atoms with Crippen LogP contribution in [0.5, 0.6) is 0 Å². The normalized spacial score (nSPS) is 25.1. The molecule has 0 aliphatic carbocycles. The summed E-state index contributed by atoms with van der Waals surface area (Å²) in [5.41, 5.74) is 0. The van der Waals surface area contributed by atoms with Gasteiger partial charge in [-0.15, -0.1) is 11.3 Å². The van der Waals surface area contributed by atoms with Crippen LogP contribution in [0.25, 0.3) is 0 Å². The molecule has 14 heteroatoms.